The van der Waals surface area contributed by atoms with Crippen molar-refractivity contribution in [1.82, 2.24) is 9.97 Å². The molecule has 0 saturated carbocycles. The lowest BCUT2D eigenvalue weighted by atomic mass is 10.2. The third-order valence-electron chi connectivity index (χ3n) is 2.58. The number of aliphatic hydroxyl groups is 1. The molecule has 0 aliphatic carbocycles. The molecule has 0 bridgehead atoms. The monoisotopic (exact) mass is 235 g/mol. The molecule has 0 aliphatic heterocycles. The van der Waals surface area contributed by atoms with Crippen LogP contribution in [0, 0.1) is 0 Å². The van der Waals surface area contributed by atoms with Gasteiger partial charge in [0, 0.05) is 0 Å². The maximum atomic E-state index is 10.8. The van der Waals surface area contributed by atoms with Crippen LogP contribution < -0.4 is 5.73 Å². The molecule has 0 amide bonds. The lowest BCUT2D eigenvalue weighted by Crippen LogP contribution is -2.24. The molecule has 17 heavy (non-hydrogen) atoms. The molecular weight excluding hydrogens is 222 g/mol. The fraction of sp³-hybridized carbons (Fsp3) is 0.273. The second kappa shape index (κ2) is 4.15. The Morgan fingerprint density at radius 2 is 2.24 bits per heavy atom. The summed E-state index contributed by atoms with van der Waals surface area (Å²) >= 11 is 0. The summed E-state index contributed by atoms with van der Waals surface area (Å²) in [4.78, 5) is 17.9. The molecule has 2 unspecified atom stereocenters. The number of carboxylic acids is 1. The van der Waals surface area contributed by atoms with E-state index in [4.69, 9.17) is 10.8 Å². The number of benzene rings is 1. The highest BCUT2D eigenvalue weighted by Gasteiger charge is 2.16. The van der Waals surface area contributed by atoms with Crippen molar-refractivity contribution in [2.75, 3.05) is 0 Å². The Morgan fingerprint density at radius 1 is 1.53 bits per heavy atom. The number of rotatable bonds is 3. The maximum Gasteiger partial charge on any atom is 0.335 e. The number of fused-ring (bicyclic) bond motifs is 1. The number of H-pyrrole nitrogens is 1. The SMILES string of the molecule is CC(O)C(N)c1nc2ccc(C(=O)O)cc2[nH]1. The van der Waals surface area contributed by atoms with Gasteiger partial charge in [0.2, 0.25) is 0 Å². The van der Waals surface area contributed by atoms with Crippen molar-refractivity contribution < 1.29 is 15.0 Å². The Bertz CT molecular complexity index is 562. The van der Waals surface area contributed by atoms with Gasteiger partial charge in [0.05, 0.1) is 28.7 Å². The van der Waals surface area contributed by atoms with Crippen LogP contribution in [0.3, 0.4) is 0 Å². The summed E-state index contributed by atoms with van der Waals surface area (Å²) in [5.41, 5.74) is 7.14. The molecule has 0 fully saturated rings. The van der Waals surface area contributed by atoms with Gasteiger partial charge >= 0.3 is 5.97 Å². The van der Waals surface area contributed by atoms with Crippen molar-refractivity contribution in [2.24, 2.45) is 5.73 Å². The van der Waals surface area contributed by atoms with E-state index in [0.717, 1.165) is 0 Å². The molecule has 1 aromatic carbocycles. The fourth-order valence-electron chi connectivity index (χ4n) is 1.55. The standard InChI is InChI=1S/C11H13N3O3/c1-5(15)9(12)10-13-7-3-2-6(11(16)17)4-8(7)14-10/h2-5,9,15H,12H2,1H3,(H,13,14)(H,16,17). The number of nitrogens with one attached hydrogen (secondary N) is 1. The molecule has 2 atom stereocenters. The van der Waals surface area contributed by atoms with Crippen LogP contribution in [0.25, 0.3) is 11.0 Å². The third-order valence-corrected chi connectivity index (χ3v) is 2.58. The normalized spacial score (nSPS) is 14.8. The highest BCUT2D eigenvalue weighted by Crippen LogP contribution is 2.18. The summed E-state index contributed by atoms with van der Waals surface area (Å²) in [6, 6.07) is 3.95. The van der Waals surface area contributed by atoms with Crippen LogP contribution in [0.2, 0.25) is 0 Å². The summed E-state index contributed by atoms with van der Waals surface area (Å²) in [7, 11) is 0. The van der Waals surface area contributed by atoms with Gasteiger partial charge in [-0.3, -0.25) is 0 Å². The summed E-state index contributed by atoms with van der Waals surface area (Å²) in [6.07, 6.45) is -0.727. The zero-order valence-electron chi connectivity index (χ0n) is 9.21. The van der Waals surface area contributed by atoms with Crippen LogP contribution >= 0.6 is 0 Å². The summed E-state index contributed by atoms with van der Waals surface area (Å²) in [6.45, 7) is 1.57. The van der Waals surface area contributed by atoms with Gasteiger partial charge in [-0.15, -0.1) is 0 Å². The summed E-state index contributed by atoms with van der Waals surface area (Å²) in [5.74, 6) is -0.555. The second-order valence-corrected chi connectivity index (χ2v) is 3.93. The Balaban J connectivity index is 2.47. The minimum absolute atomic E-state index is 0.179. The number of imidazole rings is 1. The van der Waals surface area contributed by atoms with Gasteiger partial charge in [0.15, 0.2) is 0 Å². The lowest BCUT2D eigenvalue weighted by molar-refractivity contribution is 0.0697. The van der Waals surface area contributed by atoms with Gasteiger partial charge < -0.3 is 20.9 Å². The molecule has 2 rings (SSSR count). The number of carboxylic acid groups (broad SMARTS) is 1. The molecule has 0 saturated heterocycles. The lowest BCUT2D eigenvalue weighted by Gasteiger charge is -2.10. The molecular formula is C11H13N3O3. The number of hydrogen-bond acceptors (Lipinski definition) is 4. The molecule has 0 aliphatic rings. The molecule has 6 nitrogen and oxygen atoms in total. The second-order valence-electron chi connectivity index (χ2n) is 3.93. The van der Waals surface area contributed by atoms with Crippen LogP contribution in [-0.4, -0.2) is 32.3 Å². The van der Waals surface area contributed by atoms with Crippen molar-refractivity contribution in [1.29, 1.82) is 0 Å². The molecule has 90 valence electrons. The fourth-order valence-corrected chi connectivity index (χ4v) is 1.55. The first-order valence-corrected chi connectivity index (χ1v) is 5.15. The van der Waals surface area contributed by atoms with Crippen LogP contribution in [0.5, 0.6) is 0 Å². The number of nitrogens with zero attached hydrogens (tertiary/aromatic N) is 1. The van der Waals surface area contributed by atoms with E-state index in [0.29, 0.717) is 16.9 Å². The number of aliphatic hydroxyl groups excluding tert-OH is 1. The quantitative estimate of drug-likeness (QED) is 0.623. The van der Waals surface area contributed by atoms with Crippen molar-refractivity contribution in [3.8, 4) is 0 Å². The van der Waals surface area contributed by atoms with Crippen LogP contribution in [-0.2, 0) is 0 Å². The highest BCUT2D eigenvalue weighted by molar-refractivity contribution is 5.92. The van der Waals surface area contributed by atoms with E-state index in [1.807, 2.05) is 0 Å². The highest BCUT2D eigenvalue weighted by atomic mass is 16.4. The molecule has 2 aromatic rings. The number of carbonyl (C=O) groups is 1. The first-order valence-electron chi connectivity index (χ1n) is 5.15. The Morgan fingerprint density at radius 3 is 2.82 bits per heavy atom. The number of aromatic amines is 1. The predicted molar refractivity (Wildman–Crippen MR) is 61.7 cm³/mol. The van der Waals surface area contributed by atoms with E-state index >= 15 is 0 Å². The third kappa shape index (κ3) is 2.13. The minimum Gasteiger partial charge on any atom is -0.478 e. The van der Waals surface area contributed by atoms with E-state index in [1.165, 1.54) is 12.1 Å². The van der Waals surface area contributed by atoms with E-state index in [2.05, 4.69) is 9.97 Å². The van der Waals surface area contributed by atoms with E-state index in [1.54, 1.807) is 13.0 Å². The first kappa shape index (κ1) is 11.6. The van der Waals surface area contributed by atoms with E-state index in [9.17, 15) is 9.90 Å². The molecule has 6 heteroatoms. The summed E-state index contributed by atoms with van der Waals surface area (Å²) in [5, 5.41) is 18.2. The van der Waals surface area contributed by atoms with Gasteiger partial charge in [-0.25, -0.2) is 9.78 Å². The first-order chi connectivity index (χ1) is 7.99. The van der Waals surface area contributed by atoms with Crippen LogP contribution in [0.15, 0.2) is 18.2 Å². The zero-order chi connectivity index (χ0) is 12.6. The van der Waals surface area contributed by atoms with Gasteiger partial charge in [-0.2, -0.15) is 0 Å². The van der Waals surface area contributed by atoms with Crippen molar-refractivity contribution in [3.63, 3.8) is 0 Å². The Hall–Kier alpha value is -1.92. The Kier molecular flexibility index (Phi) is 2.83. The number of aromatic nitrogens is 2. The average Bonchev–Trinajstić information content (AvgIpc) is 2.69. The van der Waals surface area contributed by atoms with Gasteiger partial charge in [-0.1, -0.05) is 0 Å². The van der Waals surface area contributed by atoms with E-state index in [-0.39, 0.29) is 5.56 Å². The minimum atomic E-state index is -0.997. The van der Waals surface area contributed by atoms with Crippen molar-refractivity contribution >= 4 is 17.0 Å². The number of hydrogen-bond donors (Lipinski definition) is 4. The molecule has 0 spiro atoms. The molecule has 0 radical (unpaired) electrons. The largest absolute Gasteiger partial charge is 0.478 e. The van der Waals surface area contributed by atoms with Crippen molar-refractivity contribution in [2.45, 2.75) is 19.1 Å². The van der Waals surface area contributed by atoms with Crippen molar-refractivity contribution in [3.05, 3.63) is 29.6 Å². The zero-order valence-corrected chi connectivity index (χ0v) is 9.21. The number of aromatic carboxylic acids is 1. The smallest absolute Gasteiger partial charge is 0.335 e. The maximum absolute atomic E-state index is 10.8. The Labute approximate surface area is 97.1 Å². The van der Waals surface area contributed by atoms with Crippen LogP contribution in [0.4, 0.5) is 0 Å². The van der Waals surface area contributed by atoms with Crippen LogP contribution in [0.1, 0.15) is 29.1 Å². The molecule has 1 aromatic heterocycles. The van der Waals surface area contributed by atoms with Gasteiger partial charge in [0.1, 0.15) is 5.82 Å². The predicted octanol–water partition coefficient (Wildman–Crippen LogP) is 0.642. The topological polar surface area (TPSA) is 112 Å². The average molecular weight is 235 g/mol. The van der Waals surface area contributed by atoms with E-state index < -0.39 is 18.1 Å². The molecule has 5 N–H and O–H groups in total. The molecule has 1 heterocycles. The summed E-state index contributed by atoms with van der Waals surface area (Å²) < 4.78 is 0. The van der Waals surface area contributed by atoms with Gasteiger partial charge in [-0.05, 0) is 25.1 Å². The number of nitrogens with two attached hydrogens (primary N) is 1. The van der Waals surface area contributed by atoms with Gasteiger partial charge in [0.25, 0.3) is 0 Å².